The number of urea groups is 1. The Morgan fingerprint density at radius 1 is 1.28 bits per heavy atom. The van der Waals surface area contributed by atoms with Crippen LogP contribution in [0.4, 0.5) is 16.2 Å². The molecule has 1 aliphatic rings. The Hall–Kier alpha value is -2.54. The molecule has 0 radical (unpaired) electrons. The third-order valence-electron chi connectivity index (χ3n) is 4.18. The summed E-state index contributed by atoms with van der Waals surface area (Å²) in [5.41, 5.74) is 2.87. The maximum absolute atomic E-state index is 12.7. The SMILES string of the molecule is CCc1ccccc1NC(=O)N1CCSC1c1ccc([N+](=O)[O-])cc1. The number of nitro groups is 1. The summed E-state index contributed by atoms with van der Waals surface area (Å²) in [6, 6.07) is 14.0. The van der Waals surface area contributed by atoms with E-state index < -0.39 is 4.92 Å². The van der Waals surface area contributed by atoms with Gasteiger partial charge < -0.3 is 10.2 Å². The van der Waals surface area contributed by atoms with E-state index >= 15 is 0 Å². The lowest BCUT2D eigenvalue weighted by Gasteiger charge is -2.25. The fraction of sp³-hybridized carbons (Fsp3) is 0.278. The molecule has 1 saturated heterocycles. The highest BCUT2D eigenvalue weighted by molar-refractivity contribution is 7.99. The van der Waals surface area contributed by atoms with Crippen LogP contribution in [0.15, 0.2) is 48.5 Å². The van der Waals surface area contributed by atoms with Crippen molar-refractivity contribution in [1.29, 1.82) is 0 Å². The van der Waals surface area contributed by atoms with Crippen LogP contribution in [-0.4, -0.2) is 28.2 Å². The number of thioether (sulfide) groups is 1. The Bertz CT molecular complexity index is 779. The van der Waals surface area contributed by atoms with Gasteiger partial charge in [-0.2, -0.15) is 0 Å². The van der Waals surface area contributed by atoms with Crippen molar-refractivity contribution in [2.75, 3.05) is 17.6 Å². The maximum Gasteiger partial charge on any atom is 0.323 e. The standard InChI is InChI=1S/C18H19N3O3S/c1-2-13-5-3-4-6-16(13)19-18(22)20-11-12-25-17(20)14-7-9-15(10-8-14)21(23)24/h3-10,17H,2,11-12H2,1H3,(H,19,22). The number of carbonyl (C=O) groups is 1. The number of nitrogens with one attached hydrogen (secondary N) is 1. The van der Waals surface area contributed by atoms with Gasteiger partial charge in [-0.25, -0.2) is 4.79 Å². The number of hydrogen-bond acceptors (Lipinski definition) is 4. The van der Waals surface area contributed by atoms with Crippen LogP contribution in [0.5, 0.6) is 0 Å². The Kier molecular flexibility index (Phi) is 5.23. The van der Waals surface area contributed by atoms with E-state index in [9.17, 15) is 14.9 Å². The third kappa shape index (κ3) is 3.76. The van der Waals surface area contributed by atoms with E-state index in [-0.39, 0.29) is 17.1 Å². The van der Waals surface area contributed by atoms with Crippen LogP contribution in [0.2, 0.25) is 0 Å². The molecule has 2 aromatic rings. The summed E-state index contributed by atoms with van der Waals surface area (Å²) in [7, 11) is 0. The zero-order chi connectivity index (χ0) is 17.8. The smallest absolute Gasteiger partial charge is 0.308 e. The average Bonchev–Trinajstić information content (AvgIpc) is 3.12. The van der Waals surface area contributed by atoms with Crippen molar-refractivity contribution in [1.82, 2.24) is 4.90 Å². The van der Waals surface area contributed by atoms with Crippen molar-refractivity contribution in [3.8, 4) is 0 Å². The van der Waals surface area contributed by atoms with E-state index in [1.165, 1.54) is 12.1 Å². The normalized spacial score (nSPS) is 16.7. The molecule has 1 aliphatic heterocycles. The minimum Gasteiger partial charge on any atom is -0.308 e. The summed E-state index contributed by atoms with van der Waals surface area (Å²) < 4.78 is 0. The first kappa shape index (κ1) is 17.3. The number of hydrogen-bond donors (Lipinski definition) is 1. The molecule has 3 rings (SSSR count). The molecule has 1 atom stereocenters. The summed E-state index contributed by atoms with van der Waals surface area (Å²) in [5.74, 6) is 0.838. The lowest BCUT2D eigenvalue weighted by Crippen LogP contribution is -2.34. The maximum atomic E-state index is 12.7. The van der Waals surface area contributed by atoms with Gasteiger partial charge >= 0.3 is 6.03 Å². The number of aryl methyl sites for hydroxylation is 1. The minimum atomic E-state index is -0.419. The van der Waals surface area contributed by atoms with Gasteiger partial charge in [0.25, 0.3) is 5.69 Å². The summed E-state index contributed by atoms with van der Waals surface area (Å²) >= 11 is 1.66. The van der Waals surface area contributed by atoms with Crippen LogP contribution >= 0.6 is 11.8 Å². The summed E-state index contributed by atoms with van der Waals surface area (Å²) in [4.78, 5) is 24.9. The minimum absolute atomic E-state index is 0.0552. The molecule has 1 fully saturated rings. The number of rotatable bonds is 4. The van der Waals surface area contributed by atoms with Gasteiger partial charge in [-0.1, -0.05) is 25.1 Å². The van der Waals surface area contributed by atoms with E-state index in [2.05, 4.69) is 12.2 Å². The first-order valence-electron chi connectivity index (χ1n) is 8.11. The Balaban J connectivity index is 1.76. The van der Waals surface area contributed by atoms with Crippen LogP contribution < -0.4 is 5.32 Å². The molecule has 0 spiro atoms. The number of para-hydroxylation sites is 1. The summed E-state index contributed by atoms with van der Waals surface area (Å²) in [5, 5.41) is 13.7. The summed E-state index contributed by atoms with van der Waals surface area (Å²) in [6.07, 6.45) is 0.844. The fourth-order valence-corrected chi connectivity index (χ4v) is 4.11. The Labute approximate surface area is 150 Å². The zero-order valence-corrected chi connectivity index (χ0v) is 14.7. The summed E-state index contributed by atoms with van der Waals surface area (Å²) in [6.45, 7) is 2.70. The van der Waals surface area contributed by atoms with Gasteiger partial charge in [-0.15, -0.1) is 11.8 Å². The van der Waals surface area contributed by atoms with Crippen molar-refractivity contribution in [2.24, 2.45) is 0 Å². The fourth-order valence-electron chi connectivity index (χ4n) is 2.85. The van der Waals surface area contributed by atoms with Crippen molar-refractivity contribution >= 4 is 29.2 Å². The second-order valence-corrected chi connectivity index (χ2v) is 6.89. The van der Waals surface area contributed by atoms with Crippen molar-refractivity contribution in [3.63, 3.8) is 0 Å². The molecular formula is C18H19N3O3S. The Morgan fingerprint density at radius 3 is 2.68 bits per heavy atom. The van der Waals surface area contributed by atoms with E-state index in [1.54, 1.807) is 28.8 Å². The van der Waals surface area contributed by atoms with Crippen LogP contribution in [0.25, 0.3) is 0 Å². The molecule has 25 heavy (non-hydrogen) atoms. The molecule has 1 N–H and O–H groups in total. The van der Waals surface area contributed by atoms with Crippen molar-refractivity contribution in [3.05, 3.63) is 69.8 Å². The van der Waals surface area contributed by atoms with E-state index in [1.807, 2.05) is 24.3 Å². The average molecular weight is 357 g/mol. The van der Waals surface area contributed by atoms with Crippen LogP contribution in [0.3, 0.4) is 0 Å². The third-order valence-corrected chi connectivity index (χ3v) is 5.44. The number of benzene rings is 2. The molecule has 1 heterocycles. The molecule has 0 saturated carbocycles. The second kappa shape index (κ2) is 7.57. The molecular weight excluding hydrogens is 338 g/mol. The molecule has 0 aliphatic carbocycles. The largest absolute Gasteiger partial charge is 0.323 e. The first-order valence-corrected chi connectivity index (χ1v) is 9.16. The molecule has 130 valence electrons. The second-order valence-electron chi connectivity index (χ2n) is 5.71. The van der Waals surface area contributed by atoms with Crippen LogP contribution in [0, 0.1) is 10.1 Å². The molecule has 2 amide bonds. The first-order chi connectivity index (χ1) is 12.1. The van der Waals surface area contributed by atoms with Crippen molar-refractivity contribution < 1.29 is 9.72 Å². The monoisotopic (exact) mass is 357 g/mol. The van der Waals surface area contributed by atoms with Crippen LogP contribution in [-0.2, 0) is 6.42 Å². The van der Waals surface area contributed by atoms with Gasteiger partial charge in [0.15, 0.2) is 0 Å². The van der Waals surface area contributed by atoms with E-state index in [4.69, 9.17) is 0 Å². The van der Waals surface area contributed by atoms with Gasteiger partial charge in [0, 0.05) is 30.1 Å². The number of nitro benzene ring substituents is 1. The highest BCUT2D eigenvalue weighted by Gasteiger charge is 2.31. The Morgan fingerprint density at radius 2 is 2.00 bits per heavy atom. The van der Waals surface area contributed by atoms with Gasteiger partial charge in [0.2, 0.25) is 0 Å². The van der Waals surface area contributed by atoms with Gasteiger partial charge in [-0.05, 0) is 35.7 Å². The molecule has 1 unspecified atom stereocenters. The quantitative estimate of drug-likeness (QED) is 0.648. The molecule has 0 bridgehead atoms. The molecule has 2 aromatic carbocycles. The van der Waals surface area contributed by atoms with E-state index in [0.717, 1.165) is 29.0 Å². The number of carbonyl (C=O) groups excluding carboxylic acids is 1. The van der Waals surface area contributed by atoms with Gasteiger partial charge in [-0.3, -0.25) is 10.1 Å². The molecule has 0 aromatic heterocycles. The van der Waals surface area contributed by atoms with Crippen LogP contribution in [0.1, 0.15) is 23.4 Å². The van der Waals surface area contributed by atoms with Gasteiger partial charge in [0.1, 0.15) is 5.37 Å². The lowest BCUT2D eigenvalue weighted by atomic mass is 10.1. The highest BCUT2D eigenvalue weighted by Crippen LogP contribution is 2.38. The lowest BCUT2D eigenvalue weighted by molar-refractivity contribution is -0.384. The number of amides is 2. The van der Waals surface area contributed by atoms with E-state index in [0.29, 0.717) is 6.54 Å². The number of nitrogens with zero attached hydrogens (tertiary/aromatic N) is 2. The molecule has 6 nitrogen and oxygen atoms in total. The number of anilines is 1. The zero-order valence-electron chi connectivity index (χ0n) is 13.8. The van der Waals surface area contributed by atoms with Crippen molar-refractivity contribution in [2.45, 2.75) is 18.7 Å². The number of non-ortho nitro benzene ring substituents is 1. The van der Waals surface area contributed by atoms with Gasteiger partial charge in [0.05, 0.1) is 4.92 Å². The highest BCUT2D eigenvalue weighted by atomic mass is 32.2. The predicted molar refractivity (Wildman–Crippen MR) is 99.8 cm³/mol. The molecule has 7 heteroatoms. The topological polar surface area (TPSA) is 75.5 Å². The predicted octanol–water partition coefficient (Wildman–Crippen LogP) is 4.44.